The first kappa shape index (κ1) is 14.4. The van der Waals surface area contributed by atoms with Crippen molar-refractivity contribution in [3.63, 3.8) is 0 Å². The molecule has 96 valence electrons. The first-order valence-corrected chi connectivity index (χ1v) is 7.00. The van der Waals surface area contributed by atoms with Crippen LogP contribution in [0, 0.1) is 0 Å². The summed E-state index contributed by atoms with van der Waals surface area (Å²) in [5.41, 5.74) is 1.14. The van der Waals surface area contributed by atoms with Crippen molar-refractivity contribution in [1.82, 2.24) is 5.32 Å². The number of nitrogens with one attached hydrogen (secondary N) is 1. The number of methoxy groups -OCH3 is 1. The van der Waals surface area contributed by atoms with Crippen molar-refractivity contribution in [3.05, 3.63) is 29.8 Å². The number of benzene rings is 1. The van der Waals surface area contributed by atoms with Crippen molar-refractivity contribution < 1.29 is 9.84 Å². The van der Waals surface area contributed by atoms with Crippen LogP contribution in [0.5, 0.6) is 5.75 Å². The number of aliphatic hydroxyl groups is 1. The van der Waals surface area contributed by atoms with Gasteiger partial charge in [-0.25, -0.2) is 0 Å². The zero-order chi connectivity index (χ0) is 12.7. The molecule has 0 amide bonds. The summed E-state index contributed by atoms with van der Waals surface area (Å²) in [6.07, 6.45) is 2.02. The average Bonchev–Trinajstić information content (AvgIpc) is 2.38. The zero-order valence-electron chi connectivity index (χ0n) is 10.6. The fourth-order valence-corrected chi connectivity index (χ4v) is 2.34. The van der Waals surface area contributed by atoms with Gasteiger partial charge in [-0.15, -0.1) is 0 Å². The van der Waals surface area contributed by atoms with Crippen molar-refractivity contribution in [1.29, 1.82) is 0 Å². The predicted molar refractivity (Wildman–Crippen MR) is 73.7 cm³/mol. The number of thioether (sulfide) groups is 1. The van der Waals surface area contributed by atoms with Gasteiger partial charge in [0.1, 0.15) is 5.75 Å². The van der Waals surface area contributed by atoms with Crippen molar-refractivity contribution in [2.24, 2.45) is 0 Å². The summed E-state index contributed by atoms with van der Waals surface area (Å²) in [6.45, 7) is 3.04. The van der Waals surface area contributed by atoms with Crippen molar-refractivity contribution in [3.8, 4) is 5.75 Å². The molecule has 0 fully saturated rings. The van der Waals surface area contributed by atoms with Crippen LogP contribution in [-0.2, 0) is 6.54 Å². The molecule has 2 atom stereocenters. The molecule has 0 bridgehead atoms. The summed E-state index contributed by atoms with van der Waals surface area (Å²) in [5, 5.41) is 12.9. The summed E-state index contributed by atoms with van der Waals surface area (Å²) >= 11 is 1.68. The maximum Gasteiger partial charge on any atom is 0.123 e. The van der Waals surface area contributed by atoms with Crippen LogP contribution in [-0.4, -0.2) is 36.4 Å². The zero-order valence-corrected chi connectivity index (χ0v) is 11.5. The minimum atomic E-state index is 0.196. The molecule has 1 rings (SSSR count). The van der Waals surface area contributed by atoms with Gasteiger partial charge in [0.25, 0.3) is 0 Å². The van der Waals surface area contributed by atoms with Crippen LogP contribution in [0.4, 0.5) is 0 Å². The maximum absolute atomic E-state index is 9.21. The van der Waals surface area contributed by atoms with Crippen molar-refractivity contribution in [2.45, 2.75) is 24.8 Å². The molecule has 0 aliphatic carbocycles. The Morgan fingerprint density at radius 3 is 2.71 bits per heavy atom. The Balaban J connectivity index is 2.54. The topological polar surface area (TPSA) is 41.5 Å². The second-order valence-electron chi connectivity index (χ2n) is 3.94. The van der Waals surface area contributed by atoms with Gasteiger partial charge in [0, 0.05) is 23.4 Å². The van der Waals surface area contributed by atoms with E-state index in [1.807, 2.05) is 30.5 Å². The molecule has 0 aliphatic heterocycles. The Hall–Kier alpha value is -0.710. The first-order chi connectivity index (χ1) is 8.22. The number of hydrogen-bond donors (Lipinski definition) is 2. The molecule has 1 aromatic carbocycles. The quantitative estimate of drug-likeness (QED) is 0.781. The smallest absolute Gasteiger partial charge is 0.123 e. The van der Waals surface area contributed by atoms with Gasteiger partial charge < -0.3 is 15.2 Å². The van der Waals surface area contributed by atoms with E-state index in [-0.39, 0.29) is 17.9 Å². The molecule has 0 saturated heterocycles. The highest BCUT2D eigenvalue weighted by Crippen LogP contribution is 2.18. The molecular weight excluding hydrogens is 234 g/mol. The molecule has 1 aromatic rings. The fourth-order valence-electron chi connectivity index (χ4n) is 1.69. The van der Waals surface area contributed by atoms with Crippen molar-refractivity contribution in [2.75, 3.05) is 20.0 Å². The van der Waals surface area contributed by atoms with Crippen LogP contribution in [0.3, 0.4) is 0 Å². The number of aliphatic hydroxyl groups excluding tert-OH is 1. The number of rotatable bonds is 7. The van der Waals surface area contributed by atoms with Crippen molar-refractivity contribution >= 4 is 11.8 Å². The monoisotopic (exact) mass is 255 g/mol. The lowest BCUT2D eigenvalue weighted by Gasteiger charge is -2.21. The summed E-state index contributed by atoms with van der Waals surface area (Å²) in [5.74, 6) is 0.900. The molecule has 2 unspecified atom stereocenters. The molecule has 0 spiro atoms. The molecule has 17 heavy (non-hydrogen) atoms. The number of para-hydroxylation sites is 1. The SMILES string of the molecule is COc1ccccc1CNC(C)C(CO)SC. The molecule has 0 heterocycles. The molecular formula is C13H21NO2S. The Morgan fingerprint density at radius 2 is 2.12 bits per heavy atom. The van der Waals surface area contributed by atoms with E-state index in [1.165, 1.54) is 0 Å². The standard InChI is InChI=1S/C13H21NO2S/c1-10(13(9-15)17-3)14-8-11-6-4-5-7-12(11)16-2/h4-7,10,13-15H,8-9H2,1-3H3. The van der Waals surface area contributed by atoms with Gasteiger partial charge in [0.05, 0.1) is 13.7 Å². The van der Waals surface area contributed by atoms with Crippen LogP contribution in [0.15, 0.2) is 24.3 Å². The van der Waals surface area contributed by atoms with E-state index in [1.54, 1.807) is 18.9 Å². The lowest BCUT2D eigenvalue weighted by molar-refractivity contribution is 0.275. The third kappa shape index (κ3) is 4.22. The second-order valence-corrected chi connectivity index (χ2v) is 5.02. The summed E-state index contributed by atoms with van der Waals surface area (Å²) in [6, 6.07) is 8.23. The van der Waals surface area contributed by atoms with E-state index < -0.39 is 0 Å². The van der Waals surface area contributed by atoms with Crippen LogP contribution < -0.4 is 10.1 Å². The Labute approximate surface area is 108 Å². The van der Waals surface area contributed by atoms with Gasteiger partial charge in [-0.05, 0) is 19.2 Å². The Morgan fingerprint density at radius 1 is 1.41 bits per heavy atom. The third-order valence-electron chi connectivity index (χ3n) is 2.85. The third-order valence-corrected chi connectivity index (χ3v) is 4.01. The molecule has 0 radical (unpaired) electrons. The van der Waals surface area contributed by atoms with Gasteiger partial charge in [-0.3, -0.25) is 0 Å². The lowest BCUT2D eigenvalue weighted by atomic mass is 10.1. The van der Waals surface area contributed by atoms with Gasteiger partial charge in [0.2, 0.25) is 0 Å². The summed E-state index contributed by atoms with van der Waals surface area (Å²) in [4.78, 5) is 0. The van der Waals surface area contributed by atoms with E-state index in [2.05, 4.69) is 12.2 Å². The maximum atomic E-state index is 9.21. The molecule has 2 N–H and O–H groups in total. The molecule has 4 heteroatoms. The summed E-state index contributed by atoms with van der Waals surface area (Å²) < 4.78 is 5.30. The second kappa shape index (κ2) is 7.58. The van der Waals surface area contributed by atoms with Gasteiger partial charge >= 0.3 is 0 Å². The fraction of sp³-hybridized carbons (Fsp3) is 0.538. The van der Waals surface area contributed by atoms with Crippen LogP contribution >= 0.6 is 11.8 Å². The van der Waals surface area contributed by atoms with E-state index in [0.717, 1.165) is 17.9 Å². The van der Waals surface area contributed by atoms with Gasteiger partial charge in [0.15, 0.2) is 0 Å². The largest absolute Gasteiger partial charge is 0.496 e. The molecule has 0 saturated carbocycles. The molecule has 3 nitrogen and oxygen atoms in total. The highest BCUT2D eigenvalue weighted by atomic mass is 32.2. The highest BCUT2D eigenvalue weighted by Gasteiger charge is 2.14. The Kier molecular flexibility index (Phi) is 6.40. The highest BCUT2D eigenvalue weighted by molar-refractivity contribution is 7.99. The van der Waals surface area contributed by atoms with Gasteiger partial charge in [-0.2, -0.15) is 11.8 Å². The number of ether oxygens (including phenoxy) is 1. The van der Waals surface area contributed by atoms with Crippen LogP contribution in [0.2, 0.25) is 0 Å². The predicted octanol–water partition coefficient (Wildman–Crippen LogP) is 1.90. The first-order valence-electron chi connectivity index (χ1n) is 5.71. The van der Waals surface area contributed by atoms with E-state index in [9.17, 15) is 5.11 Å². The van der Waals surface area contributed by atoms with Crippen LogP contribution in [0.25, 0.3) is 0 Å². The number of hydrogen-bond acceptors (Lipinski definition) is 4. The minimum Gasteiger partial charge on any atom is -0.496 e. The Bertz CT molecular complexity index is 329. The lowest BCUT2D eigenvalue weighted by Crippen LogP contribution is -2.37. The normalized spacial score (nSPS) is 14.4. The van der Waals surface area contributed by atoms with E-state index in [0.29, 0.717) is 0 Å². The molecule has 0 aliphatic rings. The minimum absolute atomic E-state index is 0.196. The van der Waals surface area contributed by atoms with Gasteiger partial charge in [-0.1, -0.05) is 18.2 Å². The molecule has 0 aromatic heterocycles. The van der Waals surface area contributed by atoms with E-state index in [4.69, 9.17) is 4.74 Å². The van der Waals surface area contributed by atoms with Crippen LogP contribution in [0.1, 0.15) is 12.5 Å². The summed E-state index contributed by atoms with van der Waals surface area (Å²) in [7, 11) is 1.68. The van der Waals surface area contributed by atoms with E-state index >= 15 is 0 Å². The average molecular weight is 255 g/mol.